The lowest BCUT2D eigenvalue weighted by Gasteiger charge is -2.02. The van der Waals surface area contributed by atoms with Crippen molar-refractivity contribution in [3.05, 3.63) is 59.4 Å². The Kier molecular flexibility index (Phi) is 3.92. The number of benzene rings is 2. The van der Waals surface area contributed by atoms with Gasteiger partial charge in [-0.1, -0.05) is 29.3 Å². The van der Waals surface area contributed by atoms with Crippen LogP contribution in [0.25, 0.3) is 22.4 Å². The standard InChI is InChI=1S/C17H11ClN4OS/c1-10-5-6-14-13(7-10)16(20-9-19-14)24-17-22-21-15(23-17)11-3-2-4-12(18)8-11/h2-9H,1H3. The molecule has 2 aromatic heterocycles. The topological polar surface area (TPSA) is 64.7 Å². The molecule has 7 heteroatoms. The zero-order valence-corrected chi connectivity index (χ0v) is 14.2. The highest BCUT2D eigenvalue weighted by atomic mass is 35.5. The van der Waals surface area contributed by atoms with Crippen molar-refractivity contribution in [2.75, 3.05) is 0 Å². The summed E-state index contributed by atoms with van der Waals surface area (Å²) in [5, 5.41) is 11.0. The number of nitrogens with zero attached hydrogens (tertiary/aromatic N) is 4. The monoisotopic (exact) mass is 354 g/mol. The van der Waals surface area contributed by atoms with Crippen LogP contribution in [0.5, 0.6) is 0 Å². The molecule has 0 bridgehead atoms. The molecule has 0 radical (unpaired) electrons. The molecule has 24 heavy (non-hydrogen) atoms. The Morgan fingerprint density at radius 3 is 2.83 bits per heavy atom. The van der Waals surface area contributed by atoms with Gasteiger partial charge in [0.15, 0.2) is 0 Å². The van der Waals surface area contributed by atoms with Crippen molar-refractivity contribution in [3.8, 4) is 11.5 Å². The fourth-order valence-electron chi connectivity index (χ4n) is 2.30. The second kappa shape index (κ2) is 6.22. The molecular formula is C17H11ClN4OS. The molecule has 2 heterocycles. The van der Waals surface area contributed by atoms with E-state index >= 15 is 0 Å². The third-order valence-corrected chi connectivity index (χ3v) is 4.51. The van der Waals surface area contributed by atoms with Gasteiger partial charge < -0.3 is 4.42 Å². The molecule has 0 unspecified atom stereocenters. The van der Waals surface area contributed by atoms with Gasteiger partial charge in [-0.25, -0.2) is 9.97 Å². The zero-order valence-electron chi connectivity index (χ0n) is 12.6. The third kappa shape index (κ3) is 2.98. The molecule has 4 aromatic rings. The number of hydrogen-bond acceptors (Lipinski definition) is 6. The van der Waals surface area contributed by atoms with Gasteiger partial charge in [0.2, 0.25) is 5.89 Å². The number of fused-ring (bicyclic) bond motifs is 1. The minimum absolute atomic E-state index is 0.423. The van der Waals surface area contributed by atoms with Crippen LogP contribution >= 0.6 is 23.4 Å². The van der Waals surface area contributed by atoms with E-state index in [9.17, 15) is 0 Å². The quantitative estimate of drug-likeness (QED) is 0.493. The van der Waals surface area contributed by atoms with E-state index in [1.807, 2.05) is 37.3 Å². The van der Waals surface area contributed by atoms with Crippen molar-refractivity contribution in [2.45, 2.75) is 17.2 Å². The van der Waals surface area contributed by atoms with Crippen molar-refractivity contribution < 1.29 is 4.42 Å². The van der Waals surface area contributed by atoms with E-state index < -0.39 is 0 Å². The summed E-state index contributed by atoms with van der Waals surface area (Å²) in [6.07, 6.45) is 1.54. The molecule has 0 saturated heterocycles. The number of halogens is 1. The van der Waals surface area contributed by atoms with E-state index in [-0.39, 0.29) is 0 Å². The first-order valence-corrected chi connectivity index (χ1v) is 8.37. The van der Waals surface area contributed by atoms with Gasteiger partial charge in [-0.3, -0.25) is 0 Å². The number of aromatic nitrogens is 4. The highest BCUT2D eigenvalue weighted by Gasteiger charge is 2.13. The summed E-state index contributed by atoms with van der Waals surface area (Å²) in [6, 6.07) is 13.3. The lowest BCUT2D eigenvalue weighted by Crippen LogP contribution is -1.87. The highest BCUT2D eigenvalue weighted by molar-refractivity contribution is 7.99. The summed E-state index contributed by atoms with van der Waals surface area (Å²) in [5.41, 5.74) is 2.81. The van der Waals surface area contributed by atoms with Crippen molar-refractivity contribution in [1.82, 2.24) is 20.2 Å². The van der Waals surface area contributed by atoms with Crippen molar-refractivity contribution in [1.29, 1.82) is 0 Å². The maximum absolute atomic E-state index is 6.00. The average molecular weight is 355 g/mol. The number of aryl methyl sites for hydroxylation is 1. The van der Waals surface area contributed by atoms with Crippen LogP contribution < -0.4 is 0 Å². The van der Waals surface area contributed by atoms with Crippen molar-refractivity contribution in [2.24, 2.45) is 0 Å². The Hall–Kier alpha value is -2.44. The van der Waals surface area contributed by atoms with Gasteiger partial charge in [0.25, 0.3) is 5.22 Å². The Balaban J connectivity index is 1.68. The Morgan fingerprint density at radius 2 is 1.96 bits per heavy atom. The summed E-state index contributed by atoms with van der Waals surface area (Å²) in [7, 11) is 0. The van der Waals surface area contributed by atoms with E-state index in [0.29, 0.717) is 16.1 Å². The van der Waals surface area contributed by atoms with Crippen LogP contribution in [0, 0.1) is 6.92 Å². The first-order chi connectivity index (χ1) is 11.7. The van der Waals surface area contributed by atoms with Crippen LogP contribution in [0.15, 0.2) is 63.5 Å². The molecule has 5 nitrogen and oxygen atoms in total. The molecule has 118 valence electrons. The van der Waals surface area contributed by atoms with Crippen LogP contribution in [0.2, 0.25) is 5.02 Å². The molecule has 0 saturated carbocycles. The fraction of sp³-hybridized carbons (Fsp3) is 0.0588. The van der Waals surface area contributed by atoms with Gasteiger partial charge in [0.05, 0.1) is 5.52 Å². The van der Waals surface area contributed by atoms with Gasteiger partial charge in [0.1, 0.15) is 11.4 Å². The Bertz CT molecular complexity index is 1030. The third-order valence-electron chi connectivity index (χ3n) is 3.42. The smallest absolute Gasteiger partial charge is 0.283 e. The van der Waals surface area contributed by atoms with Gasteiger partial charge in [0, 0.05) is 16.0 Å². The SMILES string of the molecule is Cc1ccc2ncnc(Sc3nnc(-c4cccc(Cl)c4)o3)c2c1. The fourth-order valence-corrected chi connectivity index (χ4v) is 3.23. The average Bonchev–Trinajstić information content (AvgIpc) is 3.04. The first-order valence-electron chi connectivity index (χ1n) is 7.18. The van der Waals surface area contributed by atoms with Crippen molar-refractivity contribution in [3.63, 3.8) is 0 Å². The largest absolute Gasteiger partial charge is 0.411 e. The van der Waals surface area contributed by atoms with Gasteiger partial charge >= 0.3 is 0 Å². The molecule has 2 aromatic carbocycles. The number of rotatable bonds is 3. The first kappa shape index (κ1) is 15.1. The Morgan fingerprint density at radius 1 is 1.04 bits per heavy atom. The van der Waals surface area contributed by atoms with Crippen molar-refractivity contribution >= 4 is 34.3 Å². The molecule has 0 fully saturated rings. The van der Waals surface area contributed by atoms with Gasteiger partial charge in [-0.05, 0) is 49.0 Å². The summed E-state index contributed by atoms with van der Waals surface area (Å²) in [6.45, 7) is 2.03. The number of hydrogen-bond donors (Lipinski definition) is 0. The zero-order chi connectivity index (χ0) is 16.5. The summed E-state index contributed by atoms with van der Waals surface area (Å²) in [4.78, 5) is 8.62. The lowest BCUT2D eigenvalue weighted by molar-refractivity contribution is 0.465. The van der Waals surface area contributed by atoms with Crippen LogP contribution in [0.4, 0.5) is 0 Å². The second-order valence-electron chi connectivity index (χ2n) is 5.18. The van der Waals surface area contributed by atoms with Crippen LogP contribution in [0.3, 0.4) is 0 Å². The maximum Gasteiger partial charge on any atom is 0.283 e. The molecule has 0 spiro atoms. The summed E-state index contributed by atoms with van der Waals surface area (Å²) in [5.74, 6) is 0.426. The molecule has 0 aliphatic rings. The van der Waals surface area contributed by atoms with E-state index in [2.05, 4.69) is 20.2 Å². The summed E-state index contributed by atoms with van der Waals surface area (Å²) >= 11 is 7.32. The minimum Gasteiger partial charge on any atom is -0.411 e. The molecule has 4 rings (SSSR count). The predicted octanol–water partition coefficient (Wildman–Crippen LogP) is 4.79. The highest BCUT2D eigenvalue weighted by Crippen LogP contribution is 2.32. The normalized spacial score (nSPS) is 11.1. The van der Waals surface area contributed by atoms with E-state index in [1.165, 1.54) is 18.1 Å². The van der Waals surface area contributed by atoms with Crippen LogP contribution in [-0.2, 0) is 0 Å². The molecule has 0 atom stereocenters. The second-order valence-corrected chi connectivity index (χ2v) is 6.56. The lowest BCUT2D eigenvalue weighted by atomic mass is 10.2. The molecular weight excluding hydrogens is 344 g/mol. The molecule has 0 aliphatic carbocycles. The van der Waals surface area contributed by atoms with Gasteiger partial charge in [-0.15, -0.1) is 10.2 Å². The van der Waals surface area contributed by atoms with Gasteiger partial charge in [-0.2, -0.15) is 0 Å². The van der Waals surface area contributed by atoms with E-state index in [1.54, 1.807) is 12.1 Å². The van der Waals surface area contributed by atoms with Crippen LogP contribution in [0.1, 0.15) is 5.56 Å². The Labute approximate surface area is 147 Å². The molecule has 0 amide bonds. The molecule has 0 aliphatic heterocycles. The van der Waals surface area contributed by atoms with E-state index in [4.69, 9.17) is 16.0 Å². The van der Waals surface area contributed by atoms with Crippen LogP contribution in [-0.4, -0.2) is 20.2 Å². The predicted molar refractivity (Wildman–Crippen MR) is 93.1 cm³/mol. The minimum atomic E-state index is 0.423. The molecule has 0 N–H and O–H groups in total. The maximum atomic E-state index is 6.00. The summed E-state index contributed by atoms with van der Waals surface area (Å²) < 4.78 is 5.73. The van der Waals surface area contributed by atoms with E-state index in [0.717, 1.165) is 27.1 Å².